The first-order valence-electron chi connectivity index (χ1n) is 6.89. The summed E-state index contributed by atoms with van der Waals surface area (Å²) in [5.41, 5.74) is 0. The van der Waals surface area contributed by atoms with E-state index >= 15 is 0 Å². The lowest BCUT2D eigenvalue weighted by Crippen LogP contribution is -2.31. The van der Waals surface area contributed by atoms with Gasteiger partial charge in [-0.2, -0.15) is 5.10 Å². The second-order valence-electron chi connectivity index (χ2n) is 5.50. The van der Waals surface area contributed by atoms with Gasteiger partial charge in [0.05, 0.1) is 6.10 Å². The summed E-state index contributed by atoms with van der Waals surface area (Å²) in [7, 11) is 0. The maximum atomic E-state index is 11.5. The van der Waals surface area contributed by atoms with Crippen LogP contribution in [0.1, 0.15) is 38.4 Å². The lowest BCUT2D eigenvalue weighted by atomic mass is 10.0. The molecule has 0 aromatic carbocycles. The number of nitrogens with one attached hydrogen (secondary N) is 2. The van der Waals surface area contributed by atoms with Crippen LogP contribution >= 0.6 is 0 Å². The number of aliphatic hydroxyl groups is 1. The van der Waals surface area contributed by atoms with Crippen molar-refractivity contribution in [2.75, 3.05) is 6.54 Å². The van der Waals surface area contributed by atoms with Crippen molar-refractivity contribution < 1.29 is 9.90 Å². The van der Waals surface area contributed by atoms with E-state index in [1.807, 2.05) is 13.8 Å². The highest BCUT2D eigenvalue weighted by molar-refractivity contribution is 5.93. The third kappa shape index (κ3) is 3.81. The Morgan fingerprint density at radius 1 is 1.60 bits per heavy atom. The number of H-pyrrole nitrogens is 1. The summed E-state index contributed by atoms with van der Waals surface area (Å²) < 4.78 is 0. The molecule has 0 bridgehead atoms. The number of aromatic nitrogens is 3. The summed E-state index contributed by atoms with van der Waals surface area (Å²) in [5, 5.41) is 19.5. The third-order valence-corrected chi connectivity index (χ3v) is 3.48. The molecule has 1 saturated carbocycles. The highest BCUT2D eigenvalue weighted by Crippen LogP contribution is 2.36. The third-order valence-electron chi connectivity index (χ3n) is 3.48. The number of hydrogen-bond donors (Lipinski definition) is 3. The molecule has 3 N–H and O–H groups in total. The predicted molar refractivity (Wildman–Crippen MR) is 73.5 cm³/mol. The molecule has 0 radical (unpaired) electrons. The van der Waals surface area contributed by atoms with Gasteiger partial charge in [0.1, 0.15) is 12.2 Å². The monoisotopic (exact) mass is 276 g/mol. The minimum atomic E-state index is -0.427. The topological polar surface area (TPSA) is 90.9 Å². The standard InChI is InChI=1S/C14H20N4O2/c1-9(2)3-4-13(20)15-7-11-5-10(6-12(11)19)14-16-8-17-18-14/h8-12,19H,5-7H2,1-2H3,(H,15,20)(H,16,17,18)/t10-,11+,12+/m1/s1. The summed E-state index contributed by atoms with van der Waals surface area (Å²) in [6.07, 6.45) is 2.48. The Hall–Kier alpha value is -1.87. The van der Waals surface area contributed by atoms with E-state index in [0.717, 1.165) is 12.2 Å². The summed E-state index contributed by atoms with van der Waals surface area (Å²) in [6, 6.07) is 0. The molecular weight excluding hydrogens is 256 g/mol. The fraction of sp³-hybridized carbons (Fsp3) is 0.643. The van der Waals surface area contributed by atoms with Crippen LogP contribution in [0.5, 0.6) is 0 Å². The number of carbonyl (C=O) groups is 1. The Balaban J connectivity index is 1.83. The predicted octanol–water partition coefficient (Wildman–Crippen LogP) is 0.435. The molecule has 6 nitrogen and oxygen atoms in total. The zero-order chi connectivity index (χ0) is 14.5. The normalized spacial score (nSPS) is 25.3. The lowest BCUT2D eigenvalue weighted by molar-refractivity contribution is -0.116. The molecule has 6 heteroatoms. The molecule has 1 fully saturated rings. The average molecular weight is 276 g/mol. The van der Waals surface area contributed by atoms with Gasteiger partial charge < -0.3 is 10.4 Å². The first-order valence-corrected chi connectivity index (χ1v) is 6.89. The van der Waals surface area contributed by atoms with Crippen molar-refractivity contribution in [2.45, 2.75) is 38.7 Å². The smallest absolute Gasteiger partial charge is 0.295 e. The Morgan fingerprint density at radius 2 is 2.40 bits per heavy atom. The molecule has 1 aliphatic rings. The van der Waals surface area contributed by atoms with Crippen molar-refractivity contribution in [1.82, 2.24) is 20.5 Å². The van der Waals surface area contributed by atoms with Crippen LogP contribution in [0.4, 0.5) is 0 Å². The van der Waals surface area contributed by atoms with E-state index in [4.69, 9.17) is 0 Å². The number of aliphatic hydroxyl groups excluding tert-OH is 1. The minimum Gasteiger partial charge on any atom is -0.393 e. The molecule has 3 atom stereocenters. The van der Waals surface area contributed by atoms with Gasteiger partial charge in [0, 0.05) is 24.3 Å². The van der Waals surface area contributed by atoms with Gasteiger partial charge in [0.2, 0.25) is 0 Å². The van der Waals surface area contributed by atoms with Crippen LogP contribution in [-0.4, -0.2) is 38.8 Å². The quantitative estimate of drug-likeness (QED) is 0.698. The van der Waals surface area contributed by atoms with Crippen molar-refractivity contribution in [1.29, 1.82) is 0 Å². The van der Waals surface area contributed by atoms with Crippen LogP contribution < -0.4 is 5.32 Å². The summed E-state index contributed by atoms with van der Waals surface area (Å²) in [4.78, 5) is 15.6. The summed E-state index contributed by atoms with van der Waals surface area (Å²) in [6.45, 7) is 4.31. The van der Waals surface area contributed by atoms with E-state index < -0.39 is 6.10 Å². The Labute approximate surface area is 118 Å². The molecule has 0 spiro atoms. The van der Waals surface area contributed by atoms with Gasteiger partial charge in [-0.15, -0.1) is 0 Å². The van der Waals surface area contributed by atoms with E-state index in [9.17, 15) is 9.90 Å². The van der Waals surface area contributed by atoms with Crippen LogP contribution in [0.25, 0.3) is 0 Å². The molecule has 2 rings (SSSR count). The molecule has 1 aromatic heterocycles. The fourth-order valence-corrected chi connectivity index (χ4v) is 2.43. The van der Waals surface area contributed by atoms with Crippen LogP contribution in [-0.2, 0) is 4.79 Å². The largest absolute Gasteiger partial charge is 0.393 e. The maximum absolute atomic E-state index is 11.5. The van der Waals surface area contributed by atoms with E-state index in [1.54, 1.807) is 0 Å². The Kier molecular flexibility index (Phi) is 4.74. The zero-order valence-corrected chi connectivity index (χ0v) is 11.8. The second kappa shape index (κ2) is 6.53. The van der Waals surface area contributed by atoms with Crippen molar-refractivity contribution >= 4 is 5.91 Å². The number of carbonyl (C=O) groups excluding carboxylic acids is 1. The fourth-order valence-electron chi connectivity index (χ4n) is 2.43. The molecule has 1 aromatic rings. The highest BCUT2D eigenvalue weighted by atomic mass is 16.3. The first kappa shape index (κ1) is 14.5. The minimum absolute atomic E-state index is 0.0369. The summed E-state index contributed by atoms with van der Waals surface area (Å²) in [5.74, 6) is 6.27. The molecule has 108 valence electrons. The van der Waals surface area contributed by atoms with Gasteiger partial charge in [-0.05, 0) is 18.8 Å². The highest BCUT2D eigenvalue weighted by Gasteiger charge is 2.35. The molecule has 1 heterocycles. The van der Waals surface area contributed by atoms with Crippen LogP contribution in [0.15, 0.2) is 6.33 Å². The van der Waals surface area contributed by atoms with Crippen molar-refractivity contribution in [3.05, 3.63) is 12.2 Å². The van der Waals surface area contributed by atoms with E-state index in [0.29, 0.717) is 13.0 Å². The van der Waals surface area contributed by atoms with E-state index in [-0.39, 0.29) is 23.7 Å². The average Bonchev–Trinajstić information content (AvgIpc) is 3.03. The summed E-state index contributed by atoms with van der Waals surface area (Å²) >= 11 is 0. The van der Waals surface area contributed by atoms with Gasteiger partial charge >= 0.3 is 0 Å². The second-order valence-corrected chi connectivity index (χ2v) is 5.50. The number of rotatable bonds is 3. The number of aromatic amines is 1. The number of nitrogens with zero attached hydrogens (tertiary/aromatic N) is 2. The van der Waals surface area contributed by atoms with Gasteiger partial charge in [-0.3, -0.25) is 9.89 Å². The molecule has 1 aliphatic carbocycles. The molecule has 20 heavy (non-hydrogen) atoms. The SMILES string of the molecule is CC(C)C#CC(=O)NC[C@@H]1C[C@@H](c2ncn[nH]2)C[C@@H]1O. The Bertz CT molecular complexity index is 501. The van der Waals surface area contributed by atoms with Gasteiger partial charge in [-0.25, -0.2) is 4.98 Å². The van der Waals surface area contributed by atoms with Gasteiger partial charge in [-0.1, -0.05) is 19.8 Å². The zero-order valence-electron chi connectivity index (χ0n) is 11.8. The molecular formula is C14H20N4O2. The molecule has 0 aliphatic heterocycles. The van der Waals surface area contributed by atoms with Gasteiger partial charge in [0.25, 0.3) is 5.91 Å². The first-order chi connectivity index (χ1) is 9.56. The van der Waals surface area contributed by atoms with Crippen molar-refractivity contribution in [3.63, 3.8) is 0 Å². The van der Waals surface area contributed by atoms with Crippen LogP contribution in [0, 0.1) is 23.7 Å². The van der Waals surface area contributed by atoms with E-state index in [1.165, 1.54) is 6.33 Å². The molecule has 0 unspecified atom stereocenters. The van der Waals surface area contributed by atoms with E-state index in [2.05, 4.69) is 32.3 Å². The van der Waals surface area contributed by atoms with Crippen molar-refractivity contribution in [3.8, 4) is 11.8 Å². The molecule has 1 amide bonds. The number of amides is 1. The lowest BCUT2D eigenvalue weighted by Gasteiger charge is -2.13. The Morgan fingerprint density at radius 3 is 3.05 bits per heavy atom. The molecule has 0 saturated heterocycles. The van der Waals surface area contributed by atoms with Crippen molar-refractivity contribution in [2.24, 2.45) is 11.8 Å². The van der Waals surface area contributed by atoms with Crippen LogP contribution in [0.3, 0.4) is 0 Å². The number of hydrogen-bond acceptors (Lipinski definition) is 4. The maximum Gasteiger partial charge on any atom is 0.295 e. The van der Waals surface area contributed by atoms with Gasteiger partial charge in [0.15, 0.2) is 0 Å². The van der Waals surface area contributed by atoms with Crippen LogP contribution in [0.2, 0.25) is 0 Å².